The molecule has 45 heavy (non-hydrogen) atoms. The van der Waals surface area contributed by atoms with E-state index in [1.165, 1.54) is 69.0 Å². The van der Waals surface area contributed by atoms with Gasteiger partial charge in [0.2, 0.25) is 5.91 Å². The fourth-order valence-corrected chi connectivity index (χ4v) is 5.63. The van der Waals surface area contributed by atoms with Crippen LogP contribution < -0.4 is 11.3 Å². The summed E-state index contributed by atoms with van der Waals surface area (Å²) in [6.45, 7) is -0.191. The zero-order valence-corrected chi connectivity index (χ0v) is 24.0. The number of halogens is 6. The molecule has 1 amide bonds. The van der Waals surface area contributed by atoms with Crippen LogP contribution in [0.2, 0.25) is 0 Å². The van der Waals surface area contributed by atoms with Gasteiger partial charge in [0.05, 0.1) is 30.1 Å². The summed E-state index contributed by atoms with van der Waals surface area (Å²) in [4.78, 5) is 31.8. The topological polar surface area (TPSA) is 119 Å². The van der Waals surface area contributed by atoms with Gasteiger partial charge in [-0.05, 0) is 24.0 Å². The van der Waals surface area contributed by atoms with Gasteiger partial charge < -0.3 is 15.7 Å². The van der Waals surface area contributed by atoms with Gasteiger partial charge in [-0.3, -0.25) is 18.8 Å². The Hall–Kier alpha value is -4.24. The third-order valence-corrected chi connectivity index (χ3v) is 8.20. The second-order valence-corrected chi connectivity index (χ2v) is 11.3. The van der Waals surface area contributed by atoms with Crippen LogP contribution in [0.4, 0.5) is 26.3 Å². The quantitative estimate of drug-likeness (QED) is 0.290. The van der Waals surface area contributed by atoms with Gasteiger partial charge in [-0.2, -0.15) is 31.4 Å². The van der Waals surface area contributed by atoms with E-state index >= 15 is 0 Å². The number of alkyl halides is 6. The van der Waals surface area contributed by atoms with Crippen molar-refractivity contribution in [1.29, 1.82) is 0 Å². The Kier molecular flexibility index (Phi) is 8.53. The molecular weight excluding hydrogens is 606 g/mol. The van der Waals surface area contributed by atoms with E-state index in [2.05, 4.69) is 10.1 Å². The molecule has 15 heteroatoms. The number of amides is 1. The first-order valence-electron chi connectivity index (χ1n) is 14.0. The minimum atomic E-state index is -4.62. The Morgan fingerprint density at radius 2 is 1.58 bits per heavy atom. The highest BCUT2D eigenvalue weighted by atomic mass is 19.4. The number of hydrogen-bond donors (Lipinski definition) is 2. The summed E-state index contributed by atoms with van der Waals surface area (Å²) in [5, 5.41) is 15.5. The Bertz CT molecular complexity index is 1730. The number of aromatic nitrogens is 4. The maximum atomic E-state index is 13.8. The molecule has 1 saturated heterocycles. The maximum Gasteiger partial charge on any atom is 0.407 e. The predicted molar refractivity (Wildman–Crippen MR) is 152 cm³/mol. The van der Waals surface area contributed by atoms with Gasteiger partial charge in [0.15, 0.2) is 5.52 Å². The van der Waals surface area contributed by atoms with Crippen LogP contribution in [0, 0.1) is 0 Å². The lowest BCUT2D eigenvalue weighted by Gasteiger charge is -2.39. The van der Waals surface area contributed by atoms with Crippen molar-refractivity contribution in [2.24, 2.45) is 12.8 Å². The third-order valence-electron chi connectivity index (χ3n) is 8.20. The Labute approximate surface area is 252 Å². The summed E-state index contributed by atoms with van der Waals surface area (Å²) < 4.78 is 82.8. The van der Waals surface area contributed by atoms with Crippen LogP contribution in [0.25, 0.3) is 22.3 Å². The molecule has 0 bridgehead atoms. The normalized spacial score (nSPS) is 17.0. The summed E-state index contributed by atoms with van der Waals surface area (Å²) in [6, 6.07) is 10.4. The average Bonchev–Trinajstić information content (AvgIpc) is 3.33. The molecule has 9 nitrogen and oxygen atoms in total. The molecule has 0 saturated carbocycles. The van der Waals surface area contributed by atoms with Crippen LogP contribution in [-0.2, 0) is 18.4 Å². The Morgan fingerprint density at radius 3 is 2.16 bits per heavy atom. The van der Waals surface area contributed by atoms with Crippen molar-refractivity contribution in [2.45, 2.75) is 55.7 Å². The fraction of sp³-hybridized carbons (Fsp3) is 0.400. The molecule has 2 aromatic carbocycles. The fourth-order valence-electron chi connectivity index (χ4n) is 5.63. The summed E-state index contributed by atoms with van der Waals surface area (Å²) in [6.07, 6.45) is -8.72. The summed E-state index contributed by atoms with van der Waals surface area (Å²) in [5.74, 6) is -2.64. The molecule has 3 heterocycles. The Balaban J connectivity index is 1.29. The molecule has 0 radical (unpaired) electrons. The molecule has 3 N–H and O–H groups in total. The number of likely N-dealkylation sites (tertiary alicyclic amines) is 1. The van der Waals surface area contributed by atoms with E-state index in [9.17, 15) is 41.0 Å². The number of piperidine rings is 1. The Morgan fingerprint density at radius 1 is 0.956 bits per heavy atom. The summed E-state index contributed by atoms with van der Waals surface area (Å²) >= 11 is 0. The predicted octanol–water partition coefficient (Wildman–Crippen LogP) is 4.45. The van der Waals surface area contributed by atoms with E-state index in [1.807, 2.05) is 0 Å². The maximum absolute atomic E-state index is 13.8. The van der Waals surface area contributed by atoms with Crippen molar-refractivity contribution in [3.63, 3.8) is 0 Å². The van der Waals surface area contributed by atoms with Crippen LogP contribution >= 0.6 is 0 Å². The molecule has 1 aliphatic rings. The van der Waals surface area contributed by atoms with Gasteiger partial charge in [-0.1, -0.05) is 54.6 Å². The van der Waals surface area contributed by atoms with Crippen molar-refractivity contribution < 1.29 is 36.2 Å². The van der Waals surface area contributed by atoms with Gasteiger partial charge in [0, 0.05) is 32.1 Å². The highest BCUT2D eigenvalue weighted by molar-refractivity contribution is 5.89. The number of aryl methyl sites for hydroxylation is 1. The molecule has 240 valence electrons. The molecule has 1 fully saturated rings. The molecule has 2 atom stereocenters. The number of fused-ring (bicyclic) bond motifs is 1. The third kappa shape index (κ3) is 6.73. The first-order valence-corrected chi connectivity index (χ1v) is 14.0. The first-order chi connectivity index (χ1) is 21.1. The van der Waals surface area contributed by atoms with Crippen molar-refractivity contribution in [3.8, 4) is 11.3 Å². The van der Waals surface area contributed by atoms with Crippen LogP contribution in [0.1, 0.15) is 42.3 Å². The number of hydrogen-bond acceptors (Lipinski definition) is 6. The number of benzene rings is 2. The van der Waals surface area contributed by atoms with Gasteiger partial charge >= 0.3 is 12.4 Å². The van der Waals surface area contributed by atoms with E-state index in [0.29, 0.717) is 11.3 Å². The zero-order valence-electron chi connectivity index (χ0n) is 24.0. The van der Waals surface area contributed by atoms with E-state index < -0.39 is 47.8 Å². The molecular formula is C30H30F6N6O3. The summed E-state index contributed by atoms with van der Waals surface area (Å²) in [7, 11) is 1.55. The number of aliphatic hydroxyl groups is 1. The average molecular weight is 637 g/mol. The second kappa shape index (κ2) is 11.9. The SMILES string of the molecule is Cn1nc2c(=O)n(CC3(O)CCN(C(=O)CC(c4ccccc4)C(F)(F)F)CC3)cnc2c1-c1ccc([C@@H](N)C(F)(F)F)cc1. The van der Waals surface area contributed by atoms with Crippen LogP contribution in [0.5, 0.6) is 0 Å². The second-order valence-electron chi connectivity index (χ2n) is 11.3. The largest absolute Gasteiger partial charge is 0.407 e. The first kappa shape index (κ1) is 32.2. The van der Waals surface area contributed by atoms with Gasteiger partial charge in [0.25, 0.3) is 5.56 Å². The van der Waals surface area contributed by atoms with E-state index in [4.69, 9.17) is 5.73 Å². The standard InChI is InChI=1S/C30H30F6N6O3/c1-40-25(19-7-9-20(10-8-19)26(37)30(34,35)36)23-24(39-40)27(44)42(17-38-23)16-28(45)11-13-41(14-12-28)22(43)15-21(29(31,32)33)18-5-3-2-4-6-18/h2-10,17,21,26,45H,11-16,37H2,1H3/t21?,26-/m1/s1. The van der Waals surface area contributed by atoms with E-state index in [0.717, 1.165) is 0 Å². The lowest BCUT2D eigenvalue weighted by molar-refractivity contribution is -0.162. The molecule has 4 aromatic rings. The molecule has 1 aliphatic heterocycles. The number of nitrogens with two attached hydrogens (primary N) is 1. The lowest BCUT2D eigenvalue weighted by Crippen LogP contribution is -2.50. The minimum absolute atomic E-state index is 0.000843. The van der Waals surface area contributed by atoms with Crippen molar-refractivity contribution in [2.75, 3.05) is 13.1 Å². The number of rotatable bonds is 7. The van der Waals surface area contributed by atoms with Gasteiger partial charge in [-0.15, -0.1) is 0 Å². The molecule has 0 aliphatic carbocycles. The van der Waals surface area contributed by atoms with Crippen LogP contribution in [0.3, 0.4) is 0 Å². The van der Waals surface area contributed by atoms with Crippen molar-refractivity contribution >= 4 is 16.9 Å². The zero-order chi connectivity index (χ0) is 32.7. The molecule has 2 aromatic heterocycles. The van der Waals surface area contributed by atoms with Gasteiger partial charge in [0.1, 0.15) is 11.6 Å². The van der Waals surface area contributed by atoms with E-state index in [-0.39, 0.29) is 54.6 Å². The van der Waals surface area contributed by atoms with Crippen molar-refractivity contribution in [3.05, 3.63) is 82.4 Å². The lowest BCUT2D eigenvalue weighted by atomic mass is 9.90. The molecule has 0 spiro atoms. The minimum Gasteiger partial charge on any atom is -0.388 e. The number of nitrogens with zero attached hydrogens (tertiary/aromatic N) is 5. The number of carbonyl (C=O) groups excluding carboxylic acids is 1. The van der Waals surface area contributed by atoms with Crippen molar-refractivity contribution in [1.82, 2.24) is 24.2 Å². The summed E-state index contributed by atoms with van der Waals surface area (Å²) in [5.41, 5.74) is 4.16. The molecule has 1 unspecified atom stereocenters. The molecule has 5 rings (SSSR count). The smallest absolute Gasteiger partial charge is 0.388 e. The number of carbonyl (C=O) groups is 1. The monoisotopic (exact) mass is 636 g/mol. The highest BCUT2D eigenvalue weighted by Gasteiger charge is 2.43. The van der Waals surface area contributed by atoms with Crippen LogP contribution in [0.15, 0.2) is 65.7 Å². The van der Waals surface area contributed by atoms with Gasteiger partial charge in [-0.25, -0.2) is 4.98 Å². The van der Waals surface area contributed by atoms with Crippen LogP contribution in [-0.4, -0.2) is 66.3 Å². The van der Waals surface area contributed by atoms with E-state index in [1.54, 1.807) is 13.1 Å². The highest BCUT2D eigenvalue weighted by Crippen LogP contribution is 2.38.